The summed E-state index contributed by atoms with van der Waals surface area (Å²) in [4.78, 5) is 4.44. The van der Waals surface area contributed by atoms with Gasteiger partial charge in [0.05, 0.1) is 12.2 Å². The number of β-amino-alcohol motifs (C(OH)–C–C–N with tert-alkyl or cyclic N) is 1. The number of nitrogens with zero attached hydrogens (tertiary/aromatic N) is 2. The lowest BCUT2D eigenvalue weighted by Gasteiger charge is -2.31. The van der Waals surface area contributed by atoms with E-state index in [2.05, 4.69) is 9.80 Å². The van der Waals surface area contributed by atoms with Crippen molar-refractivity contribution in [2.75, 3.05) is 33.7 Å². The largest absolute Gasteiger partial charge is 0.392 e. The van der Waals surface area contributed by atoms with E-state index < -0.39 is 0 Å². The summed E-state index contributed by atoms with van der Waals surface area (Å²) in [5.74, 6) is 0. The van der Waals surface area contributed by atoms with E-state index in [0.717, 1.165) is 38.9 Å². The standard InChI is InChI=1S/C15H32N2O2/c1-4-15(19)14(16(2)3)9-8-13(18)12-17-10-6-5-7-11-17/h13-15,18-19H,4-12H2,1-3H3. The van der Waals surface area contributed by atoms with Crippen LogP contribution in [0.4, 0.5) is 0 Å². The summed E-state index contributed by atoms with van der Waals surface area (Å²) >= 11 is 0. The summed E-state index contributed by atoms with van der Waals surface area (Å²) in [6.45, 7) is 5.06. The van der Waals surface area contributed by atoms with E-state index in [0.29, 0.717) is 0 Å². The van der Waals surface area contributed by atoms with Crippen LogP contribution in [0.3, 0.4) is 0 Å². The molecule has 0 aromatic rings. The van der Waals surface area contributed by atoms with Gasteiger partial charge in [-0.25, -0.2) is 0 Å². The van der Waals surface area contributed by atoms with Crippen molar-refractivity contribution in [2.45, 2.75) is 63.7 Å². The van der Waals surface area contributed by atoms with Gasteiger partial charge in [-0.15, -0.1) is 0 Å². The predicted octanol–water partition coefficient (Wildman–Crippen LogP) is 1.31. The molecule has 3 atom stereocenters. The quantitative estimate of drug-likeness (QED) is 0.699. The monoisotopic (exact) mass is 272 g/mol. The smallest absolute Gasteiger partial charge is 0.0692 e. The molecule has 4 heteroatoms. The Morgan fingerprint density at radius 3 is 2.21 bits per heavy atom. The van der Waals surface area contributed by atoms with E-state index >= 15 is 0 Å². The summed E-state index contributed by atoms with van der Waals surface area (Å²) in [7, 11) is 4.00. The minimum absolute atomic E-state index is 0.154. The van der Waals surface area contributed by atoms with Crippen LogP contribution in [-0.2, 0) is 0 Å². The van der Waals surface area contributed by atoms with Crippen molar-refractivity contribution >= 4 is 0 Å². The van der Waals surface area contributed by atoms with E-state index in [1.54, 1.807) is 0 Å². The molecule has 0 aliphatic carbocycles. The van der Waals surface area contributed by atoms with Crippen molar-refractivity contribution in [1.29, 1.82) is 0 Å². The van der Waals surface area contributed by atoms with Crippen LogP contribution in [0.5, 0.6) is 0 Å². The van der Waals surface area contributed by atoms with Gasteiger partial charge in [0.1, 0.15) is 0 Å². The van der Waals surface area contributed by atoms with Crippen molar-refractivity contribution in [3.63, 3.8) is 0 Å². The molecule has 1 fully saturated rings. The Labute approximate surface area is 118 Å². The Morgan fingerprint density at radius 1 is 1.05 bits per heavy atom. The molecule has 0 radical (unpaired) electrons. The van der Waals surface area contributed by atoms with Crippen LogP contribution in [0.1, 0.15) is 45.4 Å². The van der Waals surface area contributed by atoms with Crippen molar-refractivity contribution in [2.24, 2.45) is 0 Å². The van der Waals surface area contributed by atoms with Crippen molar-refractivity contribution < 1.29 is 10.2 Å². The van der Waals surface area contributed by atoms with E-state index in [1.165, 1.54) is 19.3 Å². The number of hydrogen-bond acceptors (Lipinski definition) is 4. The van der Waals surface area contributed by atoms with Gasteiger partial charge in [0.15, 0.2) is 0 Å². The zero-order valence-electron chi connectivity index (χ0n) is 12.9. The molecule has 0 aromatic heterocycles. The second-order valence-electron chi connectivity index (χ2n) is 6.10. The molecule has 0 aromatic carbocycles. The first-order chi connectivity index (χ1) is 9.04. The summed E-state index contributed by atoms with van der Waals surface area (Å²) in [5.41, 5.74) is 0. The van der Waals surface area contributed by atoms with Gasteiger partial charge in [0, 0.05) is 12.6 Å². The van der Waals surface area contributed by atoms with Crippen LogP contribution < -0.4 is 0 Å². The molecule has 0 saturated carbocycles. The Kier molecular flexibility index (Phi) is 7.91. The Hall–Kier alpha value is -0.160. The lowest BCUT2D eigenvalue weighted by atomic mass is 9.99. The third kappa shape index (κ3) is 6.21. The minimum Gasteiger partial charge on any atom is -0.392 e. The SMILES string of the molecule is CCC(O)C(CCC(O)CN1CCCCC1)N(C)C. The van der Waals surface area contributed by atoms with Crippen LogP contribution in [0, 0.1) is 0 Å². The fraction of sp³-hybridized carbons (Fsp3) is 1.00. The lowest BCUT2D eigenvalue weighted by Crippen LogP contribution is -2.41. The number of piperidine rings is 1. The van der Waals surface area contributed by atoms with E-state index in [9.17, 15) is 10.2 Å². The van der Waals surface area contributed by atoms with Gasteiger partial charge in [0.2, 0.25) is 0 Å². The lowest BCUT2D eigenvalue weighted by molar-refractivity contribution is 0.0467. The van der Waals surface area contributed by atoms with Crippen LogP contribution in [-0.4, -0.2) is 72.0 Å². The maximum Gasteiger partial charge on any atom is 0.0692 e. The third-order valence-electron chi connectivity index (χ3n) is 4.24. The Bertz CT molecular complexity index is 230. The number of aliphatic hydroxyl groups excluding tert-OH is 2. The van der Waals surface area contributed by atoms with Crippen molar-refractivity contribution in [3.8, 4) is 0 Å². The summed E-state index contributed by atoms with van der Waals surface area (Å²) < 4.78 is 0. The summed E-state index contributed by atoms with van der Waals surface area (Å²) in [5, 5.41) is 20.1. The van der Waals surface area contributed by atoms with Gasteiger partial charge >= 0.3 is 0 Å². The molecule has 4 nitrogen and oxygen atoms in total. The molecular formula is C15H32N2O2. The predicted molar refractivity (Wildman–Crippen MR) is 79.3 cm³/mol. The number of likely N-dealkylation sites (N-methyl/N-ethyl adjacent to an activating group) is 1. The number of hydrogen-bond donors (Lipinski definition) is 2. The molecule has 19 heavy (non-hydrogen) atoms. The maximum atomic E-state index is 10.1. The van der Waals surface area contributed by atoms with E-state index in [4.69, 9.17) is 0 Å². The molecule has 1 aliphatic rings. The molecule has 1 rings (SSSR count). The Morgan fingerprint density at radius 2 is 1.68 bits per heavy atom. The molecule has 0 amide bonds. The van der Waals surface area contributed by atoms with Gasteiger partial charge in [0.25, 0.3) is 0 Å². The van der Waals surface area contributed by atoms with Gasteiger partial charge in [-0.1, -0.05) is 13.3 Å². The third-order valence-corrected chi connectivity index (χ3v) is 4.24. The second kappa shape index (κ2) is 8.90. The van der Waals surface area contributed by atoms with E-state index in [1.807, 2.05) is 21.0 Å². The van der Waals surface area contributed by atoms with Crippen LogP contribution >= 0.6 is 0 Å². The topological polar surface area (TPSA) is 46.9 Å². The first-order valence-corrected chi connectivity index (χ1v) is 7.79. The Balaban J connectivity index is 2.28. The molecule has 1 aliphatic heterocycles. The first kappa shape index (κ1) is 16.9. The van der Waals surface area contributed by atoms with Crippen LogP contribution in [0.15, 0.2) is 0 Å². The van der Waals surface area contributed by atoms with Crippen LogP contribution in [0.25, 0.3) is 0 Å². The molecule has 2 N–H and O–H groups in total. The highest BCUT2D eigenvalue weighted by Crippen LogP contribution is 2.15. The number of likely N-dealkylation sites (tertiary alicyclic amines) is 1. The molecule has 0 spiro atoms. The highest BCUT2D eigenvalue weighted by Gasteiger charge is 2.22. The second-order valence-corrected chi connectivity index (χ2v) is 6.10. The normalized spacial score (nSPS) is 22.4. The van der Waals surface area contributed by atoms with Gasteiger partial charge in [-0.05, 0) is 59.3 Å². The summed E-state index contributed by atoms with van der Waals surface area (Å²) in [6.07, 6.45) is 5.71. The fourth-order valence-electron chi connectivity index (χ4n) is 2.96. The zero-order valence-corrected chi connectivity index (χ0v) is 12.9. The molecule has 1 heterocycles. The average molecular weight is 272 g/mol. The van der Waals surface area contributed by atoms with Crippen molar-refractivity contribution in [3.05, 3.63) is 0 Å². The molecular weight excluding hydrogens is 240 g/mol. The van der Waals surface area contributed by atoms with Crippen LogP contribution in [0.2, 0.25) is 0 Å². The van der Waals surface area contributed by atoms with Gasteiger partial charge in [-0.2, -0.15) is 0 Å². The van der Waals surface area contributed by atoms with Gasteiger partial charge < -0.3 is 20.0 Å². The molecule has 0 bridgehead atoms. The summed E-state index contributed by atoms with van der Waals surface area (Å²) in [6, 6.07) is 0.154. The van der Waals surface area contributed by atoms with Gasteiger partial charge in [-0.3, -0.25) is 0 Å². The molecule has 1 saturated heterocycles. The molecule has 114 valence electrons. The average Bonchev–Trinajstić information content (AvgIpc) is 2.39. The zero-order chi connectivity index (χ0) is 14.3. The number of aliphatic hydroxyl groups is 2. The maximum absolute atomic E-state index is 10.1. The first-order valence-electron chi connectivity index (χ1n) is 7.79. The number of rotatable bonds is 8. The fourth-order valence-corrected chi connectivity index (χ4v) is 2.96. The van der Waals surface area contributed by atoms with E-state index in [-0.39, 0.29) is 18.2 Å². The van der Waals surface area contributed by atoms with Crippen molar-refractivity contribution in [1.82, 2.24) is 9.80 Å². The molecule has 3 unspecified atom stereocenters. The highest BCUT2D eigenvalue weighted by molar-refractivity contribution is 4.77. The minimum atomic E-state index is -0.294. The highest BCUT2D eigenvalue weighted by atomic mass is 16.3.